The summed E-state index contributed by atoms with van der Waals surface area (Å²) in [6, 6.07) is 17.9. The highest BCUT2D eigenvalue weighted by atomic mass is 16.5. The second-order valence-corrected chi connectivity index (χ2v) is 6.84. The molecule has 0 fully saturated rings. The molecule has 4 rings (SSSR count). The van der Waals surface area contributed by atoms with Crippen LogP contribution in [0.25, 0.3) is 10.8 Å². The van der Waals surface area contributed by atoms with Crippen molar-refractivity contribution in [3.63, 3.8) is 0 Å². The van der Waals surface area contributed by atoms with Gasteiger partial charge in [0.05, 0.1) is 14.2 Å². The first-order chi connectivity index (χ1) is 13.7. The van der Waals surface area contributed by atoms with Crippen molar-refractivity contribution in [1.82, 2.24) is 4.90 Å². The molecular formula is C23H23NO4. The van der Waals surface area contributed by atoms with Crippen molar-refractivity contribution in [1.29, 1.82) is 0 Å². The third-order valence-corrected chi connectivity index (χ3v) is 5.15. The molecule has 0 N–H and O–H groups in total. The SMILES string of the molecule is COc1cc2c(cc1OC)CN(C(=O)COc1ccc3ccccc3c1)CC2. The minimum Gasteiger partial charge on any atom is -0.493 e. The molecule has 3 aromatic rings. The van der Waals surface area contributed by atoms with Gasteiger partial charge in [0, 0.05) is 13.1 Å². The highest BCUT2D eigenvalue weighted by Gasteiger charge is 2.23. The van der Waals surface area contributed by atoms with E-state index in [-0.39, 0.29) is 12.5 Å². The van der Waals surface area contributed by atoms with Crippen molar-refractivity contribution >= 4 is 16.7 Å². The summed E-state index contributed by atoms with van der Waals surface area (Å²) in [7, 11) is 3.25. The third-order valence-electron chi connectivity index (χ3n) is 5.15. The molecule has 5 nitrogen and oxygen atoms in total. The molecule has 0 atom stereocenters. The second kappa shape index (κ2) is 7.80. The van der Waals surface area contributed by atoms with Crippen molar-refractivity contribution < 1.29 is 19.0 Å². The standard InChI is InChI=1S/C23H23NO4/c1-26-21-12-18-9-10-24(14-19(18)13-22(21)27-2)23(25)15-28-20-8-7-16-5-3-4-6-17(16)11-20/h3-8,11-13H,9-10,14-15H2,1-2H3. The molecule has 0 radical (unpaired) electrons. The molecule has 0 aliphatic carbocycles. The van der Waals surface area contributed by atoms with E-state index < -0.39 is 0 Å². The summed E-state index contributed by atoms with van der Waals surface area (Å²) in [6.45, 7) is 1.25. The molecular weight excluding hydrogens is 354 g/mol. The zero-order chi connectivity index (χ0) is 19.5. The molecule has 28 heavy (non-hydrogen) atoms. The van der Waals surface area contributed by atoms with E-state index in [1.54, 1.807) is 14.2 Å². The number of benzene rings is 3. The van der Waals surface area contributed by atoms with E-state index in [0.717, 1.165) is 28.5 Å². The molecule has 1 heterocycles. The topological polar surface area (TPSA) is 48.0 Å². The van der Waals surface area contributed by atoms with Gasteiger partial charge in [-0.2, -0.15) is 0 Å². The van der Waals surface area contributed by atoms with E-state index in [4.69, 9.17) is 14.2 Å². The first kappa shape index (κ1) is 18.2. The van der Waals surface area contributed by atoms with Crippen LogP contribution in [0.15, 0.2) is 54.6 Å². The van der Waals surface area contributed by atoms with E-state index in [9.17, 15) is 4.79 Å². The van der Waals surface area contributed by atoms with Gasteiger partial charge in [-0.15, -0.1) is 0 Å². The first-order valence-corrected chi connectivity index (χ1v) is 9.31. The molecule has 0 saturated heterocycles. The average molecular weight is 377 g/mol. The number of amides is 1. The Labute approximate surface area is 164 Å². The van der Waals surface area contributed by atoms with Gasteiger partial charge < -0.3 is 19.1 Å². The van der Waals surface area contributed by atoms with Crippen LogP contribution in [0.2, 0.25) is 0 Å². The number of ether oxygens (including phenoxy) is 3. The zero-order valence-electron chi connectivity index (χ0n) is 16.1. The fourth-order valence-electron chi connectivity index (χ4n) is 3.59. The van der Waals surface area contributed by atoms with Crippen molar-refractivity contribution in [3.05, 3.63) is 65.7 Å². The maximum atomic E-state index is 12.7. The molecule has 0 saturated carbocycles. The maximum Gasteiger partial charge on any atom is 0.260 e. The number of carbonyl (C=O) groups is 1. The van der Waals surface area contributed by atoms with E-state index in [2.05, 4.69) is 6.07 Å². The van der Waals surface area contributed by atoms with Crippen molar-refractivity contribution in [3.8, 4) is 17.2 Å². The Balaban J connectivity index is 1.43. The highest BCUT2D eigenvalue weighted by molar-refractivity contribution is 5.84. The van der Waals surface area contributed by atoms with Crippen LogP contribution < -0.4 is 14.2 Å². The Morgan fingerprint density at radius 2 is 1.64 bits per heavy atom. The van der Waals surface area contributed by atoms with Gasteiger partial charge in [0.1, 0.15) is 5.75 Å². The molecule has 1 aliphatic heterocycles. The largest absolute Gasteiger partial charge is 0.493 e. The lowest BCUT2D eigenvalue weighted by atomic mass is 9.99. The fourth-order valence-corrected chi connectivity index (χ4v) is 3.59. The number of carbonyl (C=O) groups excluding carboxylic acids is 1. The number of hydrogen-bond donors (Lipinski definition) is 0. The molecule has 3 aromatic carbocycles. The molecule has 0 bridgehead atoms. The van der Waals surface area contributed by atoms with Gasteiger partial charge in [0.25, 0.3) is 5.91 Å². The zero-order valence-corrected chi connectivity index (χ0v) is 16.1. The van der Waals surface area contributed by atoms with Crippen LogP contribution >= 0.6 is 0 Å². The summed E-state index contributed by atoms with van der Waals surface area (Å²) in [6.07, 6.45) is 0.789. The fraction of sp³-hybridized carbons (Fsp3) is 0.261. The summed E-state index contributed by atoms with van der Waals surface area (Å²) in [5.41, 5.74) is 2.28. The van der Waals surface area contributed by atoms with E-state index in [1.807, 2.05) is 53.4 Å². The highest BCUT2D eigenvalue weighted by Crippen LogP contribution is 2.33. The lowest BCUT2D eigenvalue weighted by molar-refractivity contribution is -0.134. The Kier molecular flexibility index (Phi) is 5.06. The summed E-state index contributed by atoms with van der Waals surface area (Å²) in [4.78, 5) is 14.5. The van der Waals surface area contributed by atoms with Gasteiger partial charge in [-0.1, -0.05) is 30.3 Å². The van der Waals surface area contributed by atoms with E-state index in [1.165, 1.54) is 5.56 Å². The van der Waals surface area contributed by atoms with Crippen LogP contribution in [0.1, 0.15) is 11.1 Å². The lowest BCUT2D eigenvalue weighted by Crippen LogP contribution is -2.38. The number of fused-ring (bicyclic) bond motifs is 2. The molecule has 5 heteroatoms. The van der Waals surface area contributed by atoms with Crippen molar-refractivity contribution in [2.24, 2.45) is 0 Å². The van der Waals surface area contributed by atoms with Crippen LogP contribution in [-0.4, -0.2) is 38.2 Å². The van der Waals surface area contributed by atoms with Crippen LogP contribution in [-0.2, 0) is 17.8 Å². The molecule has 0 spiro atoms. The normalized spacial score (nSPS) is 13.1. The quantitative estimate of drug-likeness (QED) is 0.678. The molecule has 0 unspecified atom stereocenters. The summed E-state index contributed by atoms with van der Waals surface area (Å²) in [5, 5.41) is 2.25. The Hall–Kier alpha value is -3.21. The third kappa shape index (κ3) is 3.60. The first-order valence-electron chi connectivity index (χ1n) is 9.31. The van der Waals surface area contributed by atoms with Crippen LogP contribution in [0, 0.1) is 0 Å². The second-order valence-electron chi connectivity index (χ2n) is 6.84. The van der Waals surface area contributed by atoms with Gasteiger partial charge in [-0.25, -0.2) is 0 Å². The maximum absolute atomic E-state index is 12.7. The summed E-state index contributed by atoms with van der Waals surface area (Å²) >= 11 is 0. The molecule has 1 amide bonds. The van der Waals surface area contributed by atoms with E-state index >= 15 is 0 Å². The number of methoxy groups -OCH3 is 2. The predicted molar refractivity (Wildman–Crippen MR) is 108 cm³/mol. The van der Waals surface area contributed by atoms with Gasteiger partial charge in [0.2, 0.25) is 0 Å². The summed E-state index contributed by atoms with van der Waals surface area (Å²) < 4.78 is 16.5. The average Bonchev–Trinajstić information content (AvgIpc) is 2.75. The van der Waals surface area contributed by atoms with Gasteiger partial charge in [-0.3, -0.25) is 4.79 Å². The van der Waals surface area contributed by atoms with Crippen LogP contribution in [0.4, 0.5) is 0 Å². The monoisotopic (exact) mass is 377 g/mol. The number of nitrogens with zero attached hydrogens (tertiary/aromatic N) is 1. The molecule has 144 valence electrons. The lowest BCUT2D eigenvalue weighted by Gasteiger charge is -2.29. The molecule has 1 aliphatic rings. The van der Waals surface area contributed by atoms with Crippen LogP contribution in [0.3, 0.4) is 0 Å². The Morgan fingerprint density at radius 1 is 0.929 bits per heavy atom. The Morgan fingerprint density at radius 3 is 2.39 bits per heavy atom. The minimum atomic E-state index is -0.0198. The van der Waals surface area contributed by atoms with Gasteiger partial charge in [-0.05, 0) is 52.6 Å². The number of hydrogen-bond acceptors (Lipinski definition) is 4. The van der Waals surface area contributed by atoms with Crippen molar-refractivity contribution in [2.75, 3.05) is 27.4 Å². The van der Waals surface area contributed by atoms with Crippen molar-refractivity contribution in [2.45, 2.75) is 13.0 Å². The minimum absolute atomic E-state index is 0.0198. The van der Waals surface area contributed by atoms with E-state index in [0.29, 0.717) is 24.6 Å². The van der Waals surface area contributed by atoms with Gasteiger partial charge in [0.15, 0.2) is 18.1 Å². The van der Waals surface area contributed by atoms with Crippen LogP contribution in [0.5, 0.6) is 17.2 Å². The molecule has 0 aromatic heterocycles. The predicted octanol–water partition coefficient (Wildman–Crippen LogP) is 3.82. The van der Waals surface area contributed by atoms with Gasteiger partial charge >= 0.3 is 0 Å². The smallest absolute Gasteiger partial charge is 0.260 e. The summed E-state index contributed by atoms with van der Waals surface area (Å²) in [5.74, 6) is 2.09. The Bertz CT molecular complexity index is 1010. The number of rotatable bonds is 5.